The largest absolute Gasteiger partial charge is 0.494 e. The molecule has 0 aromatic heterocycles. The quantitative estimate of drug-likeness (QED) is 0.867. The number of hydrogen-bond acceptors (Lipinski definition) is 3. The highest BCUT2D eigenvalue weighted by Gasteiger charge is 2.15. The minimum Gasteiger partial charge on any atom is -0.494 e. The minimum atomic E-state index is -2.92. The predicted molar refractivity (Wildman–Crippen MR) is 81.9 cm³/mol. The number of alkyl halides is 2. The molecule has 128 valence electrons. The summed E-state index contributed by atoms with van der Waals surface area (Å²) in [5.41, 5.74) is 0.704. The first-order valence-electron chi connectivity index (χ1n) is 7.10. The van der Waals surface area contributed by atoms with Crippen molar-refractivity contribution >= 4 is 5.91 Å². The van der Waals surface area contributed by atoms with Crippen LogP contribution in [-0.4, -0.2) is 19.6 Å². The van der Waals surface area contributed by atoms with E-state index >= 15 is 0 Å². The van der Waals surface area contributed by atoms with Gasteiger partial charge < -0.3 is 14.8 Å². The zero-order valence-corrected chi connectivity index (χ0v) is 13.1. The molecule has 2 rings (SSSR count). The lowest BCUT2D eigenvalue weighted by molar-refractivity contribution is -0.0499. The lowest BCUT2D eigenvalue weighted by Crippen LogP contribution is -2.26. The molecule has 2 aromatic carbocycles. The average Bonchev–Trinajstić information content (AvgIpc) is 2.54. The van der Waals surface area contributed by atoms with Gasteiger partial charge in [0, 0.05) is 5.56 Å². The Morgan fingerprint density at radius 3 is 2.54 bits per heavy atom. The van der Waals surface area contributed by atoms with Crippen molar-refractivity contribution in [2.24, 2.45) is 0 Å². The number of methoxy groups -OCH3 is 1. The van der Waals surface area contributed by atoms with Crippen LogP contribution in [0.2, 0.25) is 0 Å². The van der Waals surface area contributed by atoms with Crippen LogP contribution in [0.4, 0.5) is 13.2 Å². The van der Waals surface area contributed by atoms with Gasteiger partial charge in [-0.15, -0.1) is 0 Å². The van der Waals surface area contributed by atoms with Crippen LogP contribution in [-0.2, 0) is 0 Å². The van der Waals surface area contributed by atoms with Gasteiger partial charge in [0.15, 0.2) is 11.6 Å². The van der Waals surface area contributed by atoms with Crippen molar-refractivity contribution in [2.45, 2.75) is 19.6 Å². The summed E-state index contributed by atoms with van der Waals surface area (Å²) < 4.78 is 47.3. The number of ether oxygens (including phenoxy) is 2. The molecule has 1 N–H and O–H groups in total. The van der Waals surface area contributed by atoms with Gasteiger partial charge in [0.2, 0.25) is 0 Å². The van der Waals surface area contributed by atoms with Gasteiger partial charge in [-0.2, -0.15) is 8.78 Å². The van der Waals surface area contributed by atoms with Crippen LogP contribution < -0.4 is 14.8 Å². The number of hydrogen-bond donors (Lipinski definition) is 1. The summed E-state index contributed by atoms with van der Waals surface area (Å²) >= 11 is 0. The Balaban J connectivity index is 2.10. The van der Waals surface area contributed by atoms with Crippen LogP contribution in [0.15, 0.2) is 42.5 Å². The first-order chi connectivity index (χ1) is 11.4. The average molecular weight is 339 g/mol. The Kier molecular flexibility index (Phi) is 5.68. The Bertz CT molecular complexity index is 722. The molecular weight excluding hydrogens is 323 g/mol. The van der Waals surface area contributed by atoms with E-state index < -0.39 is 24.4 Å². The van der Waals surface area contributed by atoms with Gasteiger partial charge in [-0.3, -0.25) is 4.79 Å². The number of nitrogens with one attached hydrogen (secondary N) is 1. The first kappa shape index (κ1) is 17.7. The van der Waals surface area contributed by atoms with E-state index in [9.17, 15) is 18.0 Å². The topological polar surface area (TPSA) is 47.6 Å². The van der Waals surface area contributed by atoms with E-state index in [0.717, 1.165) is 6.07 Å². The number of amides is 1. The molecule has 0 aliphatic rings. The van der Waals surface area contributed by atoms with Gasteiger partial charge in [0.05, 0.1) is 13.2 Å². The second kappa shape index (κ2) is 7.72. The predicted octanol–water partition coefficient (Wildman–Crippen LogP) is 3.93. The third-order valence-corrected chi connectivity index (χ3v) is 3.34. The zero-order valence-electron chi connectivity index (χ0n) is 13.1. The number of rotatable bonds is 6. The molecule has 1 unspecified atom stereocenters. The Labute approximate surface area is 137 Å². The highest BCUT2D eigenvalue weighted by Crippen LogP contribution is 2.22. The summed E-state index contributed by atoms with van der Waals surface area (Å²) in [6.07, 6.45) is 0. The number of carbonyl (C=O) groups excluding carboxylic acids is 1. The summed E-state index contributed by atoms with van der Waals surface area (Å²) in [5, 5.41) is 2.67. The smallest absolute Gasteiger partial charge is 0.387 e. The molecule has 0 aliphatic heterocycles. The molecule has 0 fully saturated rings. The Hall–Kier alpha value is -2.70. The van der Waals surface area contributed by atoms with Crippen LogP contribution in [0.5, 0.6) is 11.5 Å². The fourth-order valence-electron chi connectivity index (χ4n) is 2.13. The van der Waals surface area contributed by atoms with Crippen LogP contribution >= 0.6 is 0 Å². The van der Waals surface area contributed by atoms with Crippen LogP contribution in [0.3, 0.4) is 0 Å². The van der Waals surface area contributed by atoms with E-state index in [1.54, 1.807) is 19.1 Å². The number of carbonyl (C=O) groups is 1. The maximum absolute atomic E-state index is 13.7. The van der Waals surface area contributed by atoms with E-state index in [1.165, 1.54) is 31.4 Å². The molecule has 0 saturated carbocycles. The molecule has 0 radical (unpaired) electrons. The SMILES string of the molecule is COc1ccc(C(=O)NC(C)c2cccc(OC(F)F)c2)cc1F. The molecular formula is C17H16F3NO3. The minimum absolute atomic E-state index is 0.000842. The molecule has 0 heterocycles. The van der Waals surface area contributed by atoms with Crippen molar-refractivity contribution in [2.75, 3.05) is 7.11 Å². The van der Waals surface area contributed by atoms with Gasteiger partial charge >= 0.3 is 6.61 Å². The normalized spacial score (nSPS) is 11.9. The number of benzene rings is 2. The van der Waals surface area contributed by atoms with Gasteiger partial charge in [0.25, 0.3) is 5.91 Å². The second-order valence-electron chi connectivity index (χ2n) is 5.00. The van der Waals surface area contributed by atoms with E-state index in [1.807, 2.05) is 0 Å². The molecule has 0 bridgehead atoms. The van der Waals surface area contributed by atoms with Gasteiger partial charge in [-0.25, -0.2) is 4.39 Å². The molecule has 0 saturated heterocycles. The van der Waals surface area contributed by atoms with Crippen LogP contribution in [0.1, 0.15) is 28.9 Å². The van der Waals surface area contributed by atoms with Crippen LogP contribution in [0, 0.1) is 5.82 Å². The maximum atomic E-state index is 13.7. The molecule has 4 nitrogen and oxygen atoms in total. The number of halogens is 3. The Morgan fingerprint density at radius 2 is 1.92 bits per heavy atom. The summed E-state index contributed by atoms with van der Waals surface area (Å²) in [6, 6.07) is 9.38. The zero-order chi connectivity index (χ0) is 17.7. The van der Waals surface area contributed by atoms with Crippen LogP contribution in [0.25, 0.3) is 0 Å². The van der Waals surface area contributed by atoms with Gasteiger partial charge in [-0.05, 0) is 42.8 Å². The van der Waals surface area contributed by atoms with Gasteiger partial charge in [-0.1, -0.05) is 12.1 Å². The second-order valence-corrected chi connectivity index (χ2v) is 5.00. The fourth-order valence-corrected chi connectivity index (χ4v) is 2.13. The third-order valence-electron chi connectivity index (χ3n) is 3.34. The van der Waals surface area contributed by atoms with E-state index in [2.05, 4.69) is 10.1 Å². The summed E-state index contributed by atoms with van der Waals surface area (Å²) in [4.78, 5) is 12.2. The molecule has 24 heavy (non-hydrogen) atoms. The maximum Gasteiger partial charge on any atom is 0.387 e. The monoisotopic (exact) mass is 339 g/mol. The lowest BCUT2D eigenvalue weighted by atomic mass is 10.1. The summed E-state index contributed by atoms with van der Waals surface area (Å²) in [6.45, 7) is -1.24. The van der Waals surface area contributed by atoms with E-state index in [4.69, 9.17) is 4.74 Å². The Morgan fingerprint density at radius 1 is 1.17 bits per heavy atom. The molecule has 7 heteroatoms. The van der Waals surface area contributed by atoms with Crippen molar-refractivity contribution in [1.29, 1.82) is 0 Å². The van der Waals surface area contributed by atoms with Crippen molar-refractivity contribution < 1.29 is 27.4 Å². The molecule has 1 atom stereocenters. The standard InChI is InChI=1S/C17H16F3NO3/c1-10(11-4-3-5-13(8-11)24-17(19)20)21-16(22)12-6-7-15(23-2)14(18)9-12/h3-10,17H,1-2H3,(H,21,22). The molecule has 2 aromatic rings. The van der Waals surface area contributed by atoms with E-state index in [-0.39, 0.29) is 17.1 Å². The van der Waals surface area contributed by atoms with Crippen molar-refractivity contribution in [1.82, 2.24) is 5.32 Å². The highest BCUT2D eigenvalue weighted by molar-refractivity contribution is 5.94. The van der Waals surface area contributed by atoms with Crippen molar-refractivity contribution in [3.63, 3.8) is 0 Å². The molecule has 0 aliphatic carbocycles. The van der Waals surface area contributed by atoms with Gasteiger partial charge in [0.1, 0.15) is 5.75 Å². The fraction of sp³-hybridized carbons (Fsp3) is 0.235. The molecule has 0 spiro atoms. The first-order valence-corrected chi connectivity index (χ1v) is 7.10. The van der Waals surface area contributed by atoms with E-state index in [0.29, 0.717) is 5.56 Å². The summed E-state index contributed by atoms with van der Waals surface area (Å²) in [7, 11) is 1.33. The lowest BCUT2D eigenvalue weighted by Gasteiger charge is -2.16. The van der Waals surface area contributed by atoms with Crippen molar-refractivity contribution in [3.05, 3.63) is 59.4 Å². The highest BCUT2D eigenvalue weighted by atomic mass is 19.3. The third kappa shape index (κ3) is 4.41. The van der Waals surface area contributed by atoms with Crippen molar-refractivity contribution in [3.8, 4) is 11.5 Å². The summed E-state index contributed by atoms with van der Waals surface area (Å²) in [5.74, 6) is -1.11. The molecule has 1 amide bonds.